The Balaban J connectivity index is 2.21. The van der Waals surface area contributed by atoms with Crippen molar-refractivity contribution in [1.82, 2.24) is 0 Å². The van der Waals surface area contributed by atoms with Crippen LogP contribution in [-0.2, 0) is 0 Å². The summed E-state index contributed by atoms with van der Waals surface area (Å²) in [6.07, 6.45) is 20.5. The maximum absolute atomic E-state index is 3.20. The fourth-order valence-corrected chi connectivity index (χ4v) is 1.52. The predicted molar refractivity (Wildman–Crippen MR) is 53.9 cm³/mol. The van der Waals surface area contributed by atoms with E-state index in [1.807, 2.05) is 0 Å². The summed E-state index contributed by atoms with van der Waals surface area (Å²) in [5.41, 5.74) is 0. The molecule has 0 aromatic rings. The highest BCUT2D eigenvalue weighted by Gasteiger charge is 1.90. The van der Waals surface area contributed by atoms with Gasteiger partial charge in [-0.1, -0.05) is 43.9 Å². The highest BCUT2D eigenvalue weighted by molar-refractivity contribution is 4.95. The highest BCUT2D eigenvalue weighted by Crippen LogP contribution is 2.09. The summed E-state index contributed by atoms with van der Waals surface area (Å²) in [5, 5.41) is 0. The molecule has 1 rings (SSSR count). The summed E-state index contributed by atoms with van der Waals surface area (Å²) in [7, 11) is 0. The second-order valence-corrected chi connectivity index (χ2v) is 3.47. The van der Waals surface area contributed by atoms with E-state index in [0.29, 0.717) is 0 Å². The monoisotopic (exact) mass is 163 g/mol. The molecule has 0 unspecified atom stereocenters. The van der Waals surface area contributed by atoms with Crippen LogP contribution in [0.15, 0.2) is 18.2 Å². The molecule has 0 spiro atoms. The first kappa shape index (κ1) is 9.57. The fourth-order valence-electron chi connectivity index (χ4n) is 1.52. The molecule has 0 atom stereocenters. The van der Waals surface area contributed by atoms with Crippen molar-refractivity contribution >= 4 is 0 Å². The van der Waals surface area contributed by atoms with Gasteiger partial charge in [-0.3, -0.25) is 0 Å². The van der Waals surface area contributed by atoms with E-state index in [0.717, 1.165) is 0 Å². The third kappa shape index (κ3) is 5.17. The van der Waals surface area contributed by atoms with Crippen LogP contribution < -0.4 is 0 Å². The zero-order chi connectivity index (χ0) is 8.49. The third-order valence-electron chi connectivity index (χ3n) is 2.30. The zero-order valence-electron chi connectivity index (χ0n) is 7.89. The van der Waals surface area contributed by atoms with Crippen LogP contribution in [0.1, 0.15) is 51.4 Å². The largest absolute Gasteiger partial charge is 0.0839 e. The Hall–Kier alpha value is -0.520. The lowest BCUT2D eigenvalue weighted by Gasteiger charge is -1.99. The van der Waals surface area contributed by atoms with Gasteiger partial charge in [0.05, 0.1) is 0 Å². The van der Waals surface area contributed by atoms with Gasteiger partial charge in [0.1, 0.15) is 0 Å². The lowest BCUT2D eigenvalue weighted by molar-refractivity contribution is 0.599. The predicted octanol–water partition coefficient (Wildman–Crippen LogP) is 4.04. The van der Waals surface area contributed by atoms with Gasteiger partial charge >= 0.3 is 0 Å². The molecule has 12 heavy (non-hydrogen) atoms. The molecule has 0 bridgehead atoms. The van der Waals surface area contributed by atoms with Crippen LogP contribution in [0.5, 0.6) is 0 Å². The lowest BCUT2D eigenvalue weighted by atomic mass is 10.1. The first-order chi connectivity index (χ1) is 6.00. The molecule has 0 saturated heterocycles. The van der Waals surface area contributed by atoms with Crippen LogP contribution in [0.3, 0.4) is 0 Å². The standard InChI is InChI=1S/C12H19/c1-2-4-6-8-10-12-11-9-7-5-3-1/h1-2,6H,3,5,7-12H2/b2-1+,6-4?. The van der Waals surface area contributed by atoms with E-state index in [9.17, 15) is 0 Å². The van der Waals surface area contributed by atoms with Gasteiger partial charge in [0.15, 0.2) is 0 Å². The quantitative estimate of drug-likeness (QED) is 0.505. The van der Waals surface area contributed by atoms with Crippen molar-refractivity contribution in [3.8, 4) is 0 Å². The Morgan fingerprint density at radius 3 is 2.25 bits per heavy atom. The topological polar surface area (TPSA) is 0 Å². The van der Waals surface area contributed by atoms with Crippen molar-refractivity contribution in [3.63, 3.8) is 0 Å². The van der Waals surface area contributed by atoms with Gasteiger partial charge in [-0.2, -0.15) is 0 Å². The van der Waals surface area contributed by atoms with E-state index in [2.05, 4.69) is 24.3 Å². The molecule has 0 aliphatic heterocycles. The minimum absolute atomic E-state index is 1.21. The molecule has 0 nitrogen and oxygen atoms in total. The van der Waals surface area contributed by atoms with Crippen LogP contribution in [0.4, 0.5) is 0 Å². The summed E-state index contributed by atoms with van der Waals surface area (Å²) in [4.78, 5) is 0. The molecule has 1 radical (unpaired) electrons. The van der Waals surface area contributed by atoms with Gasteiger partial charge in [0.2, 0.25) is 0 Å². The van der Waals surface area contributed by atoms with Crippen molar-refractivity contribution in [2.75, 3.05) is 0 Å². The minimum Gasteiger partial charge on any atom is -0.0839 e. The summed E-state index contributed by atoms with van der Waals surface area (Å²) in [5.74, 6) is 0. The molecular formula is C12H19. The van der Waals surface area contributed by atoms with Crippen LogP contribution in [0, 0.1) is 6.08 Å². The molecule has 0 saturated carbocycles. The lowest BCUT2D eigenvalue weighted by Crippen LogP contribution is -1.80. The van der Waals surface area contributed by atoms with Crippen molar-refractivity contribution in [1.29, 1.82) is 0 Å². The van der Waals surface area contributed by atoms with E-state index in [1.165, 1.54) is 51.4 Å². The molecule has 0 amide bonds. The molecule has 0 N–H and O–H groups in total. The Labute approximate surface area is 76.4 Å². The van der Waals surface area contributed by atoms with E-state index < -0.39 is 0 Å². The zero-order valence-corrected chi connectivity index (χ0v) is 7.89. The fraction of sp³-hybridized carbons (Fsp3) is 0.667. The maximum atomic E-state index is 3.20. The number of allylic oxidation sites excluding steroid dienone is 4. The summed E-state index contributed by atoms with van der Waals surface area (Å²) in [6.45, 7) is 0. The molecule has 67 valence electrons. The molecule has 0 fully saturated rings. The Morgan fingerprint density at radius 2 is 1.42 bits per heavy atom. The Morgan fingerprint density at radius 1 is 0.750 bits per heavy atom. The molecule has 1 aliphatic rings. The van der Waals surface area contributed by atoms with Gasteiger partial charge in [-0.05, 0) is 31.8 Å². The normalized spacial score (nSPS) is 26.7. The van der Waals surface area contributed by atoms with Crippen molar-refractivity contribution < 1.29 is 0 Å². The second kappa shape index (κ2) is 7.15. The van der Waals surface area contributed by atoms with Crippen molar-refractivity contribution in [2.45, 2.75) is 51.4 Å². The average molecular weight is 163 g/mol. The van der Waals surface area contributed by atoms with Gasteiger partial charge in [0.25, 0.3) is 0 Å². The molecular weight excluding hydrogens is 144 g/mol. The Bertz CT molecular complexity index is 124. The Kier molecular flexibility index (Phi) is 5.70. The van der Waals surface area contributed by atoms with Crippen LogP contribution in [0.25, 0.3) is 0 Å². The number of hydrogen-bond donors (Lipinski definition) is 0. The summed E-state index contributed by atoms with van der Waals surface area (Å²) in [6, 6.07) is 0. The molecule has 0 heterocycles. The maximum Gasteiger partial charge on any atom is -0.0230 e. The van der Waals surface area contributed by atoms with E-state index in [4.69, 9.17) is 0 Å². The van der Waals surface area contributed by atoms with Gasteiger partial charge < -0.3 is 0 Å². The van der Waals surface area contributed by atoms with Gasteiger partial charge in [-0.15, -0.1) is 0 Å². The van der Waals surface area contributed by atoms with Crippen molar-refractivity contribution in [2.24, 2.45) is 0 Å². The molecule has 1 aliphatic carbocycles. The van der Waals surface area contributed by atoms with Crippen LogP contribution in [0.2, 0.25) is 0 Å². The SMILES string of the molecule is [C]1=C\CCCCCCCC/C=C/1. The average Bonchev–Trinajstić information content (AvgIpc) is 2.05. The first-order valence-corrected chi connectivity index (χ1v) is 5.23. The minimum atomic E-state index is 1.21. The second-order valence-electron chi connectivity index (χ2n) is 3.47. The summed E-state index contributed by atoms with van der Waals surface area (Å²) >= 11 is 0. The molecule has 0 heteroatoms. The molecule has 0 aromatic heterocycles. The number of rotatable bonds is 0. The molecule has 0 aromatic carbocycles. The van der Waals surface area contributed by atoms with Crippen molar-refractivity contribution in [3.05, 3.63) is 24.3 Å². The summed E-state index contributed by atoms with van der Waals surface area (Å²) < 4.78 is 0. The van der Waals surface area contributed by atoms with Crippen LogP contribution in [-0.4, -0.2) is 0 Å². The highest BCUT2D eigenvalue weighted by atomic mass is 14.0. The van der Waals surface area contributed by atoms with Gasteiger partial charge in [0, 0.05) is 0 Å². The van der Waals surface area contributed by atoms with E-state index in [-0.39, 0.29) is 0 Å². The smallest absolute Gasteiger partial charge is 0.0230 e. The number of hydrogen-bond acceptors (Lipinski definition) is 0. The third-order valence-corrected chi connectivity index (χ3v) is 2.30. The van der Waals surface area contributed by atoms with Gasteiger partial charge in [-0.25, -0.2) is 0 Å². The first-order valence-electron chi connectivity index (χ1n) is 5.23. The van der Waals surface area contributed by atoms with E-state index >= 15 is 0 Å². The van der Waals surface area contributed by atoms with Crippen LogP contribution >= 0.6 is 0 Å². The van der Waals surface area contributed by atoms with E-state index in [1.54, 1.807) is 0 Å².